The fourth-order valence-electron chi connectivity index (χ4n) is 3.56. The van der Waals surface area contributed by atoms with Gasteiger partial charge >= 0.3 is 0 Å². The zero-order valence-corrected chi connectivity index (χ0v) is 16.7. The number of aryl methyl sites for hydroxylation is 3. The monoisotopic (exact) mass is 388 g/mol. The molecule has 29 heavy (non-hydrogen) atoms. The number of hydrogen-bond donors (Lipinski definition) is 1. The summed E-state index contributed by atoms with van der Waals surface area (Å²) in [6.07, 6.45) is 0.797. The lowest BCUT2D eigenvalue weighted by Crippen LogP contribution is -2.30. The number of benzene rings is 2. The Balaban J connectivity index is 1.55. The summed E-state index contributed by atoms with van der Waals surface area (Å²) in [6, 6.07) is 17.4. The zero-order chi connectivity index (χ0) is 20.4. The first-order valence-electron chi connectivity index (χ1n) is 9.81. The predicted molar refractivity (Wildman–Crippen MR) is 112 cm³/mol. The third-order valence-electron chi connectivity index (χ3n) is 5.17. The summed E-state index contributed by atoms with van der Waals surface area (Å²) < 4.78 is 1.66. The standard InChI is InChI=1S/C23H24N4O2/c1-16-9-10-17(2)19(13-16)24-22(28)20-14-21-23(29)26(11-6-12-27(21)25-20)15-18-7-4-3-5-8-18/h3-5,7-10,13-14H,6,11-12,15H2,1-2H3,(H,24,28). The van der Waals surface area contributed by atoms with Crippen LogP contribution in [0, 0.1) is 13.8 Å². The number of hydrogen-bond acceptors (Lipinski definition) is 3. The second-order valence-electron chi connectivity index (χ2n) is 7.48. The molecule has 0 atom stereocenters. The van der Waals surface area contributed by atoms with Gasteiger partial charge in [-0.1, -0.05) is 42.5 Å². The Morgan fingerprint density at radius 1 is 1.07 bits per heavy atom. The largest absolute Gasteiger partial charge is 0.333 e. The summed E-state index contributed by atoms with van der Waals surface area (Å²) in [5.41, 5.74) is 4.62. The number of nitrogens with zero attached hydrogens (tertiary/aromatic N) is 3. The molecule has 1 N–H and O–H groups in total. The van der Waals surface area contributed by atoms with Crippen molar-refractivity contribution >= 4 is 17.5 Å². The van der Waals surface area contributed by atoms with Gasteiger partial charge in [0, 0.05) is 31.4 Å². The van der Waals surface area contributed by atoms with E-state index in [1.54, 1.807) is 10.7 Å². The van der Waals surface area contributed by atoms with E-state index in [2.05, 4.69) is 10.4 Å². The van der Waals surface area contributed by atoms with E-state index in [4.69, 9.17) is 0 Å². The van der Waals surface area contributed by atoms with Gasteiger partial charge in [0.1, 0.15) is 5.69 Å². The molecule has 4 rings (SSSR count). The Morgan fingerprint density at radius 2 is 1.86 bits per heavy atom. The molecule has 2 heterocycles. The first-order valence-corrected chi connectivity index (χ1v) is 9.81. The highest BCUT2D eigenvalue weighted by Gasteiger charge is 2.26. The van der Waals surface area contributed by atoms with Crippen molar-refractivity contribution in [2.24, 2.45) is 0 Å². The van der Waals surface area contributed by atoms with E-state index in [-0.39, 0.29) is 17.5 Å². The Hall–Kier alpha value is -3.41. The van der Waals surface area contributed by atoms with Crippen LogP contribution in [-0.2, 0) is 13.1 Å². The van der Waals surface area contributed by atoms with E-state index < -0.39 is 0 Å². The van der Waals surface area contributed by atoms with Gasteiger partial charge < -0.3 is 10.2 Å². The van der Waals surface area contributed by atoms with Crippen molar-refractivity contribution in [1.82, 2.24) is 14.7 Å². The van der Waals surface area contributed by atoms with Crippen molar-refractivity contribution in [3.63, 3.8) is 0 Å². The molecular formula is C23H24N4O2. The SMILES string of the molecule is Cc1ccc(C)c(NC(=O)c2cc3n(n2)CCCN(Cc2ccccc2)C3=O)c1. The molecule has 0 aliphatic carbocycles. The van der Waals surface area contributed by atoms with Crippen LogP contribution in [0.5, 0.6) is 0 Å². The normalized spacial score (nSPS) is 13.7. The number of rotatable bonds is 4. The maximum Gasteiger partial charge on any atom is 0.276 e. The molecular weight excluding hydrogens is 364 g/mol. The number of fused-ring (bicyclic) bond motifs is 1. The summed E-state index contributed by atoms with van der Waals surface area (Å²) >= 11 is 0. The molecule has 6 nitrogen and oxygen atoms in total. The molecule has 6 heteroatoms. The van der Waals surface area contributed by atoms with Crippen LogP contribution in [0.1, 0.15) is 44.1 Å². The molecule has 0 saturated carbocycles. The summed E-state index contributed by atoms with van der Waals surface area (Å²) in [5, 5.41) is 7.33. The van der Waals surface area contributed by atoms with E-state index in [1.165, 1.54) is 0 Å². The lowest BCUT2D eigenvalue weighted by Gasteiger charge is -2.20. The highest BCUT2D eigenvalue weighted by atomic mass is 16.2. The molecule has 1 aliphatic rings. The molecule has 0 unspecified atom stereocenters. The molecule has 0 fully saturated rings. The van der Waals surface area contributed by atoms with Crippen molar-refractivity contribution in [3.8, 4) is 0 Å². The van der Waals surface area contributed by atoms with E-state index in [9.17, 15) is 9.59 Å². The topological polar surface area (TPSA) is 67.2 Å². The quantitative estimate of drug-likeness (QED) is 0.739. The molecule has 0 saturated heterocycles. The smallest absolute Gasteiger partial charge is 0.276 e. The Bertz CT molecular complexity index is 1060. The number of anilines is 1. The number of nitrogens with one attached hydrogen (secondary N) is 1. The van der Waals surface area contributed by atoms with Gasteiger partial charge in [-0.3, -0.25) is 14.3 Å². The molecule has 2 amide bonds. The predicted octanol–water partition coefficient (Wildman–Crippen LogP) is 3.80. The van der Waals surface area contributed by atoms with Crippen LogP contribution >= 0.6 is 0 Å². The maximum atomic E-state index is 13.1. The fraction of sp³-hybridized carbons (Fsp3) is 0.261. The number of carbonyl (C=O) groups excluding carboxylic acids is 2. The van der Waals surface area contributed by atoms with Gasteiger partial charge in [-0.15, -0.1) is 0 Å². The Morgan fingerprint density at radius 3 is 2.66 bits per heavy atom. The van der Waals surface area contributed by atoms with Crippen LogP contribution in [0.3, 0.4) is 0 Å². The Kier molecular flexibility index (Phi) is 5.16. The summed E-state index contributed by atoms with van der Waals surface area (Å²) in [4.78, 5) is 27.6. The summed E-state index contributed by atoms with van der Waals surface area (Å²) in [5.74, 6) is -0.397. The van der Waals surface area contributed by atoms with Gasteiger partial charge in [-0.2, -0.15) is 5.10 Å². The fourth-order valence-corrected chi connectivity index (χ4v) is 3.56. The van der Waals surface area contributed by atoms with E-state index in [0.29, 0.717) is 25.3 Å². The van der Waals surface area contributed by atoms with Crippen molar-refractivity contribution in [1.29, 1.82) is 0 Å². The molecule has 0 spiro atoms. The number of carbonyl (C=O) groups is 2. The van der Waals surface area contributed by atoms with Gasteiger partial charge in [0.15, 0.2) is 5.69 Å². The summed E-state index contributed by atoms with van der Waals surface area (Å²) in [7, 11) is 0. The highest BCUT2D eigenvalue weighted by Crippen LogP contribution is 2.20. The summed E-state index contributed by atoms with van der Waals surface area (Å²) in [6.45, 7) is 5.76. The average Bonchev–Trinajstić information content (AvgIpc) is 3.09. The molecule has 0 bridgehead atoms. The van der Waals surface area contributed by atoms with Crippen LogP contribution in [0.25, 0.3) is 0 Å². The van der Waals surface area contributed by atoms with Crippen LogP contribution in [0.15, 0.2) is 54.6 Å². The van der Waals surface area contributed by atoms with Crippen molar-refractivity contribution in [2.45, 2.75) is 33.4 Å². The molecule has 0 radical (unpaired) electrons. The Labute approximate surface area is 170 Å². The minimum Gasteiger partial charge on any atom is -0.333 e. The van der Waals surface area contributed by atoms with E-state index >= 15 is 0 Å². The van der Waals surface area contributed by atoms with Gasteiger partial charge in [0.2, 0.25) is 0 Å². The zero-order valence-electron chi connectivity index (χ0n) is 16.7. The van der Waals surface area contributed by atoms with Gasteiger partial charge in [-0.25, -0.2) is 0 Å². The third-order valence-corrected chi connectivity index (χ3v) is 5.17. The van der Waals surface area contributed by atoms with Gasteiger partial charge in [0.25, 0.3) is 11.8 Å². The highest BCUT2D eigenvalue weighted by molar-refractivity contribution is 6.05. The number of aromatic nitrogens is 2. The first-order chi connectivity index (χ1) is 14.0. The molecule has 3 aromatic rings. The van der Waals surface area contributed by atoms with E-state index in [0.717, 1.165) is 28.8 Å². The minimum atomic E-state index is -0.304. The second kappa shape index (κ2) is 7.91. The molecule has 1 aliphatic heterocycles. The maximum absolute atomic E-state index is 13.1. The van der Waals surface area contributed by atoms with Gasteiger partial charge in [0.05, 0.1) is 0 Å². The van der Waals surface area contributed by atoms with Crippen molar-refractivity contribution in [2.75, 3.05) is 11.9 Å². The minimum absolute atomic E-state index is 0.0929. The van der Waals surface area contributed by atoms with E-state index in [1.807, 2.05) is 67.3 Å². The van der Waals surface area contributed by atoms with Crippen LogP contribution in [0.2, 0.25) is 0 Å². The molecule has 2 aromatic carbocycles. The van der Waals surface area contributed by atoms with Crippen LogP contribution in [-0.4, -0.2) is 33.0 Å². The third kappa shape index (κ3) is 4.06. The van der Waals surface area contributed by atoms with Crippen molar-refractivity contribution in [3.05, 3.63) is 82.7 Å². The van der Waals surface area contributed by atoms with Crippen LogP contribution in [0.4, 0.5) is 5.69 Å². The lowest BCUT2D eigenvalue weighted by atomic mass is 10.1. The molecule has 148 valence electrons. The van der Waals surface area contributed by atoms with Crippen LogP contribution < -0.4 is 5.32 Å². The average molecular weight is 388 g/mol. The second-order valence-corrected chi connectivity index (χ2v) is 7.48. The lowest BCUT2D eigenvalue weighted by molar-refractivity contribution is 0.0745. The molecule has 1 aromatic heterocycles. The van der Waals surface area contributed by atoms with Gasteiger partial charge in [-0.05, 0) is 43.0 Å². The van der Waals surface area contributed by atoms with Crippen molar-refractivity contribution < 1.29 is 9.59 Å². The first kappa shape index (κ1) is 18.9. The number of amides is 2.